The minimum absolute atomic E-state index is 0.00353. The third-order valence-electron chi connectivity index (χ3n) is 6.36. The number of carbonyl (C=O) groups excluding carboxylic acids is 1. The highest BCUT2D eigenvalue weighted by atomic mass is 16.5. The number of hydrogen-bond donors (Lipinski definition) is 1. The molecule has 1 N–H and O–H groups in total. The SMILES string of the molecule is COCCn1c(C(C)NC(=O)C2(c3ccc(OC)cc3)CCOCC2)nc2ccccc21. The van der Waals surface area contributed by atoms with Gasteiger partial charge < -0.3 is 24.1 Å². The fraction of sp³-hybridized carbons (Fsp3) is 0.440. The van der Waals surface area contributed by atoms with Crippen molar-refractivity contribution in [1.29, 1.82) is 0 Å². The molecule has 0 bridgehead atoms. The number of nitrogens with zero attached hydrogens (tertiary/aromatic N) is 2. The Kier molecular flexibility index (Phi) is 6.77. The molecular formula is C25H31N3O4. The Morgan fingerprint density at radius 3 is 2.56 bits per heavy atom. The van der Waals surface area contributed by atoms with Gasteiger partial charge in [0.2, 0.25) is 5.91 Å². The van der Waals surface area contributed by atoms with Crippen LogP contribution in [0.25, 0.3) is 11.0 Å². The number of carbonyl (C=O) groups is 1. The number of ether oxygens (including phenoxy) is 3. The number of hydrogen-bond acceptors (Lipinski definition) is 5. The van der Waals surface area contributed by atoms with E-state index in [0.717, 1.165) is 28.2 Å². The van der Waals surface area contributed by atoms with Crippen LogP contribution in [0.2, 0.25) is 0 Å². The van der Waals surface area contributed by atoms with E-state index in [-0.39, 0.29) is 11.9 Å². The van der Waals surface area contributed by atoms with Crippen LogP contribution in [0.3, 0.4) is 0 Å². The van der Waals surface area contributed by atoms with Gasteiger partial charge in [-0.1, -0.05) is 24.3 Å². The van der Waals surface area contributed by atoms with Crippen LogP contribution < -0.4 is 10.1 Å². The number of fused-ring (bicyclic) bond motifs is 1. The first kappa shape index (κ1) is 22.3. The zero-order chi connectivity index (χ0) is 22.6. The molecule has 3 aromatic rings. The van der Waals surface area contributed by atoms with Crippen LogP contribution in [-0.4, -0.2) is 49.5 Å². The topological polar surface area (TPSA) is 74.6 Å². The van der Waals surface area contributed by atoms with Crippen molar-refractivity contribution in [3.63, 3.8) is 0 Å². The molecule has 170 valence electrons. The molecule has 1 atom stereocenters. The van der Waals surface area contributed by atoms with Crippen molar-refractivity contribution in [2.24, 2.45) is 0 Å². The summed E-state index contributed by atoms with van der Waals surface area (Å²) >= 11 is 0. The highest BCUT2D eigenvalue weighted by molar-refractivity contribution is 5.89. The van der Waals surface area contributed by atoms with Gasteiger partial charge in [0.05, 0.1) is 36.2 Å². The average Bonchev–Trinajstić information content (AvgIpc) is 3.22. The van der Waals surface area contributed by atoms with Crippen molar-refractivity contribution >= 4 is 16.9 Å². The van der Waals surface area contributed by atoms with Gasteiger partial charge in [-0.15, -0.1) is 0 Å². The molecule has 0 spiro atoms. The molecule has 1 unspecified atom stereocenters. The molecule has 2 heterocycles. The van der Waals surface area contributed by atoms with Crippen LogP contribution in [-0.2, 0) is 26.2 Å². The number of imidazole rings is 1. The summed E-state index contributed by atoms with van der Waals surface area (Å²) in [7, 11) is 3.33. The van der Waals surface area contributed by atoms with Gasteiger partial charge in [-0.05, 0) is 49.6 Å². The molecule has 1 saturated heterocycles. The fourth-order valence-electron chi connectivity index (χ4n) is 4.52. The van der Waals surface area contributed by atoms with E-state index in [4.69, 9.17) is 19.2 Å². The predicted octanol–water partition coefficient (Wildman–Crippen LogP) is 3.62. The number of rotatable bonds is 8. The van der Waals surface area contributed by atoms with Crippen LogP contribution >= 0.6 is 0 Å². The lowest BCUT2D eigenvalue weighted by Crippen LogP contribution is -2.48. The third kappa shape index (κ3) is 4.23. The Labute approximate surface area is 188 Å². The molecule has 0 saturated carbocycles. The van der Waals surface area contributed by atoms with Crippen LogP contribution in [0.1, 0.15) is 37.2 Å². The number of nitrogens with one attached hydrogen (secondary N) is 1. The molecule has 2 aromatic carbocycles. The van der Waals surface area contributed by atoms with Gasteiger partial charge in [0.15, 0.2) is 0 Å². The van der Waals surface area contributed by atoms with E-state index >= 15 is 0 Å². The lowest BCUT2D eigenvalue weighted by molar-refractivity contribution is -0.131. The smallest absolute Gasteiger partial charge is 0.231 e. The van der Waals surface area contributed by atoms with Crippen molar-refractivity contribution < 1.29 is 19.0 Å². The van der Waals surface area contributed by atoms with E-state index in [2.05, 4.69) is 9.88 Å². The largest absolute Gasteiger partial charge is 0.497 e. The molecule has 1 aromatic heterocycles. The van der Waals surface area contributed by atoms with E-state index < -0.39 is 5.41 Å². The van der Waals surface area contributed by atoms with E-state index in [9.17, 15) is 4.79 Å². The van der Waals surface area contributed by atoms with Crippen LogP contribution in [0, 0.1) is 0 Å². The molecule has 1 aliphatic rings. The summed E-state index contributed by atoms with van der Waals surface area (Å²) in [5, 5.41) is 3.26. The number of amides is 1. The standard InChI is InChI=1S/C25H31N3O4/c1-18(23-27-21-6-4-5-7-22(21)28(23)14-17-30-2)26-24(29)25(12-15-32-16-13-25)19-8-10-20(31-3)11-9-19/h4-11,18H,12-17H2,1-3H3,(H,26,29). The zero-order valence-electron chi connectivity index (χ0n) is 19.0. The minimum atomic E-state index is -0.637. The number of benzene rings is 2. The average molecular weight is 438 g/mol. The van der Waals surface area contributed by atoms with Crippen molar-refractivity contribution in [1.82, 2.24) is 14.9 Å². The molecule has 1 aliphatic heterocycles. The van der Waals surface area contributed by atoms with Crippen LogP contribution in [0.5, 0.6) is 5.75 Å². The molecule has 1 amide bonds. The maximum Gasteiger partial charge on any atom is 0.231 e. The third-order valence-corrected chi connectivity index (χ3v) is 6.36. The van der Waals surface area contributed by atoms with E-state index in [1.807, 2.05) is 55.5 Å². The molecule has 7 heteroatoms. The van der Waals surface area contributed by atoms with Crippen LogP contribution in [0.4, 0.5) is 0 Å². The monoisotopic (exact) mass is 437 g/mol. The maximum absolute atomic E-state index is 13.7. The van der Waals surface area contributed by atoms with Crippen molar-refractivity contribution in [3.05, 3.63) is 59.9 Å². The van der Waals surface area contributed by atoms with E-state index in [1.54, 1.807) is 14.2 Å². The molecular weight excluding hydrogens is 406 g/mol. The summed E-state index contributed by atoms with van der Waals surface area (Å²) < 4.78 is 18.3. The van der Waals surface area contributed by atoms with E-state index in [0.29, 0.717) is 39.2 Å². The second-order valence-electron chi connectivity index (χ2n) is 8.22. The number of aromatic nitrogens is 2. The molecule has 0 aliphatic carbocycles. The predicted molar refractivity (Wildman–Crippen MR) is 123 cm³/mol. The molecule has 1 fully saturated rings. The lowest BCUT2D eigenvalue weighted by Gasteiger charge is -2.37. The van der Waals surface area contributed by atoms with Crippen molar-refractivity contribution in [2.75, 3.05) is 34.0 Å². The first-order valence-corrected chi connectivity index (χ1v) is 11.1. The van der Waals surface area contributed by atoms with Gasteiger partial charge in [-0.3, -0.25) is 4.79 Å². The summed E-state index contributed by atoms with van der Waals surface area (Å²) in [5.74, 6) is 1.61. The first-order valence-electron chi connectivity index (χ1n) is 11.1. The summed E-state index contributed by atoms with van der Waals surface area (Å²) in [4.78, 5) is 18.6. The number of para-hydroxylation sites is 2. The van der Waals surface area contributed by atoms with Crippen molar-refractivity contribution in [2.45, 2.75) is 37.8 Å². The Morgan fingerprint density at radius 1 is 1.16 bits per heavy atom. The normalized spacial score (nSPS) is 16.6. The summed E-state index contributed by atoms with van der Waals surface area (Å²) in [6, 6.07) is 15.6. The second kappa shape index (κ2) is 9.71. The molecule has 0 radical (unpaired) electrons. The summed E-state index contributed by atoms with van der Waals surface area (Å²) in [6.07, 6.45) is 1.27. The fourth-order valence-corrected chi connectivity index (χ4v) is 4.52. The van der Waals surface area contributed by atoms with Gasteiger partial charge in [0, 0.05) is 26.9 Å². The van der Waals surface area contributed by atoms with Crippen LogP contribution in [0.15, 0.2) is 48.5 Å². The van der Waals surface area contributed by atoms with Gasteiger partial charge in [-0.25, -0.2) is 4.98 Å². The summed E-state index contributed by atoms with van der Waals surface area (Å²) in [5.41, 5.74) is 2.30. The Hall–Kier alpha value is -2.90. The molecule has 4 rings (SSSR count). The van der Waals surface area contributed by atoms with Gasteiger partial charge in [0.1, 0.15) is 11.6 Å². The van der Waals surface area contributed by atoms with Gasteiger partial charge >= 0.3 is 0 Å². The number of methoxy groups -OCH3 is 2. The first-order chi connectivity index (χ1) is 15.6. The van der Waals surface area contributed by atoms with Crippen molar-refractivity contribution in [3.8, 4) is 5.75 Å². The quantitative estimate of drug-likeness (QED) is 0.583. The lowest BCUT2D eigenvalue weighted by atomic mass is 9.73. The zero-order valence-corrected chi connectivity index (χ0v) is 19.0. The second-order valence-corrected chi connectivity index (χ2v) is 8.22. The van der Waals surface area contributed by atoms with E-state index in [1.165, 1.54) is 0 Å². The Morgan fingerprint density at radius 2 is 1.88 bits per heavy atom. The molecule has 7 nitrogen and oxygen atoms in total. The van der Waals surface area contributed by atoms with Gasteiger partial charge in [-0.2, -0.15) is 0 Å². The highest BCUT2D eigenvalue weighted by Crippen LogP contribution is 2.37. The van der Waals surface area contributed by atoms with Gasteiger partial charge in [0.25, 0.3) is 0 Å². The molecule has 32 heavy (non-hydrogen) atoms. The minimum Gasteiger partial charge on any atom is -0.497 e. The Balaban J connectivity index is 1.63. The Bertz CT molecular complexity index is 1050. The maximum atomic E-state index is 13.7. The summed E-state index contributed by atoms with van der Waals surface area (Å²) in [6.45, 7) is 4.34. The highest BCUT2D eigenvalue weighted by Gasteiger charge is 2.42.